The first-order valence-corrected chi connectivity index (χ1v) is 11.1. The number of aliphatic hydroxyl groups excluding tert-OH is 2. The Morgan fingerprint density at radius 3 is 2.28 bits per heavy atom. The van der Waals surface area contributed by atoms with Crippen molar-refractivity contribution in [3.8, 4) is 11.5 Å². The topological polar surface area (TPSA) is 211 Å². The summed E-state index contributed by atoms with van der Waals surface area (Å²) in [5.74, 6) is -8.69. The van der Waals surface area contributed by atoms with Gasteiger partial charge in [0, 0.05) is 23.1 Å². The molecule has 0 bridgehead atoms. The van der Waals surface area contributed by atoms with Gasteiger partial charge < -0.3 is 41.1 Å². The van der Waals surface area contributed by atoms with Gasteiger partial charge in [-0.15, -0.1) is 0 Å². The molecule has 0 spiro atoms. The van der Waals surface area contributed by atoms with Crippen molar-refractivity contribution in [1.82, 2.24) is 4.90 Å². The molecule has 1 saturated carbocycles. The Morgan fingerprint density at radius 1 is 1.19 bits per heavy atom. The van der Waals surface area contributed by atoms with E-state index < -0.39 is 86.6 Å². The molecule has 8 N–H and O–H groups in total. The van der Waals surface area contributed by atoms with Crippen LogP contribution in [0.1, 0.15) is 24.5 Å². The maximum absolute atomic E-state index is 13.8. The first-order chi connectivity index (χ1) is 16.5. The lowest BCUT2D eigenvalue weighted by atomic mass is 9.52. The summed E-state index contributed by atoms with van der Waals surface area (Å²) in [6, 6.07) is -0.740. The molecule has 3 aliphatic rings. The molecule has 0 aromatic heterocycles. The van der Waals surface area contributed by atoms with Crippen molar-refractivity contribution in [1.29, 1.82) is 0 Å². The first-order valence-electron chi connectivity index (χ1n) is 10.7. The number of primary amides is 1. The number of ketones is 2. The van der Waals surface area contributed by atoms with Gasteiger partial charge in [0.1, 0.15) is 34.5 Å². The third-order valence-corrected chi connectivity index (χ3v) is 7.83. The number of benzene rings is 1. The second-order valence-corrected chi connectivity index (χ2v) is 9.99. The van der Waals surface area contributed by atoms with Crippen molar-refractivity contribution in [2.45, 2.75) is 36.2 Å². The minimum Gasteiger partial charge on any atom is -0.508 e. The monoisotopic (exact) mass is 524 g/mol. The van der Waals surface area contributed by atoms with Gasteiger partial charge in [-0.05, 0) is 27.4 Å². The minimum atomic E-state index is -3.32. The maximum Gasteiger partial charge on any atom is 0.255 e. The zero-order chi connectivity index (χ0) is 27.3. The predicted octanol–water partition coefficient (Wildman–Crippen LogP) is -0.594. The van der Waals surface area contributed by atoms with Gasteiger partial charge in [0.2, 0.25) is 11.4 Å². The molecular formula is C23H25ClN2O10. The summed E-state index contributed by atoms with van der Waals surface area (Å²) in [6.45, 7) is 1.20. The quantitative estimate of drug-likeness (QED) is 0.248. The number of likely N-dealkylation sites (N-methyl/N-ethyl adjacent to an activating group) is 1. The number of carbonyl (C=O) groups is 3. The van der Waals surface area contributed by atoms with Crippen LogP contribution in [-0.4, -0.2) is 91.5 Å². The minimum absolute atomic E-state index is 0.0625. The smallest absolute Gasteiger partial charge is 0.255 e. The predicted molar refractivity (Wildman–Crippen MR) is 123 cm³/mol. The third kappa shape index (κ3) is 2.81. The molecule has 0 unspecified atom stereocenters. The molecule has 13 heteroatoms. The molecule has 5 atom stereocenters. The summed E-state index contributed by atoms with van der Waals surface area (Å²) in [6.07, 6.45) is -0.778. The van der Waals surface area contributed by atoms with Gasteiger partial charge >= 0.3 is 0 Å². The third-order valence-electron chi connectivity index (χ3n) is 7.46. The molecule has 36 heavy (non-hydrogen) atoms. The van der Waals surface area contributed by atoms with E-state index in [-0.39, 0.29) is 16.3 Å². The highest BCUT2D eigenvalue weighted by Gasteiger charge is 2.74. The number of amides is 1. The molecule has 0 heterocycles. The zero-order valence-electron chi connectivity index (χ0n) is 19.7. The van der Waals surface area contributed by atoms with Crippen LogP contribution in [0, 0.1) is 5.92 Å². The molecule has 12 nitrogen and oxygen atoms in total. The molecule has 1 amide bonds. The summed E-state index contributed by atoms with van der Waals surface area (Å²) in [5.41, 5.74) is -5.49. The highest BCUT2D eigenvalue weighted by molar-refractivity contribution is 6.33. The molecule has 0 saturated heterocycles. The van der Waals surface area contributed by atoms with Crippen LogP contribution in [0.3, 0.4) is 0 Å². The number of phenols is 1. The van der Waals surface area contributed by atoms with Crippen molar-refractivity contribution >= 4 is 34.8 Å². The fourth-order valence-corrected chi connectivity index (χ4v) is 6.25. The van der Waals surface area contributed by atoms with Crippen LogP contribution in [0.15, 0.2) is 23.0 Å². The summed E-state index contributed by atoms with van der Waals surface area (Å²) in [4.78, 5) is 40.2. The number of aliphatic hydroxyl groups is 5. The number of Topliss-reactive ketones (excluding diaryl/α,β-unsaturated/α-hetero) is 2. The second kappa shape index (κ2) is 7.67. The molecule has 1 aromatic carbocycles. The molecule has 0 radical (unpaired) electrons. The fourth-order valence-electron chi connectivity index (χ4n) is 5.83. The van der Waals surface area contributed by atoms with Crippen LogP contribution in [0.4, 0.5) is 0 Å². The normalized spacial score (nSPS) is 33.9. The Kier molecular flexibility index (Phi) is 5.52. The van der Waals surface area contributed by atoms with Crippen LogP contribution in [0.5, 0.6) is 11.5 Å². The highest BCUT2D eigenvalue weighted by Crippen LogP contribution is 2.60. The van der Waals surface area contributed by atoms with E-state index in [0.717, 1.165) is 11.0 Å². The summed E-state index contributed by atoms with van der Waals surface area (Å²) >= 11 is 6.41. The fraction of sp³-hybridized carbons (Fsp3) is 0.435. The largest absolute Gasteiger partial charge is 0.508 e. The lowest BCUT2D eigenvalue weighted by Gasteiger charge is -2.57. The number of nitrogens with two attached hydrogens (primary N) is 1. The van der Waals surface area contributed by atoms with Gasteiger partial charge in [0.25, 0.3) is 5.91 Å². The molecule has 3 aliphatic carbocycles. The number of fused-ring (bicyclic) bond motifs is 3. The van der Waals surface area contributed by atoms with Crippen molar-refractivity contribution in [3.63, 3.8) is 0 Å². The number of aromatic hydroxyl groups is 1. The van der Waals surface area contributed by atoms with E-state index in [2.05, 4.69) is 0 Å². The van der Waals surface area contributed by atoms with Gasteiger partial charge in [0.15, 0.2) is 11.5 Å². The number of rotatable bonds is 3. The van der Waals surface area contributed by atoms with Crippen LogP contribution < -0.4 is 10.5 Å². The second-order valence-electron chi connectivity index (χ2n) is 9.61. The zero-order valence-corrected chi connectivity index (χ0v) is 20.4. The van der Waals surface area contributed by atoms with Crippen LogP contribution in [0.25, 0.3) is 5.76 Å². The number of hydrogen-bond acceptors (Lipinski definition) is 11. The van der Waals surface area contributed by atoms with E-state index in [1.54, 1.807) is 0 Å². The Morgan fingerprint density at radius 2 is 1.78 bits per heavy atom. The standard InChI is InChI=1S/C23H25ClN2O10/c1-21(33)7-6-22(34)17(26(2)3)16(29)12(20(25)32)19(31)23(22,35)18(30)10(7)15(28)11-8(27)5-9(36-4)14(24)13(11)21/h5,7,17,27-28,31,33-35H,6H2,1-4H3,(H2,25,32)/t7-,17+,21+,22+,23-/m1/s1. The lowest BCUT2D eigenvalue weighted by Crippen LogP contribution is -2.77. The SMILES string of the molecule is COc1cc(O)c2c(c1Cl)[C@@](C)(O)[C@@H]1C[C@]3(O)[C@@H](N(C)C)C(=O)C(C(N)=O)=C(O)[C@]3(O)C(=O)C1=C2O. The van der Waals surface area contributed by atoms with Gasteiger partial charge in [-0.2, -0.15) is 0 Å². The van der Waals surface area contributed by atoms with Gasteiger partial charge in [-0.1, -0.05) is 11.6 Å². The first kappa shape index (κ1) is 25.9. The number of nitrogens with zero attached hydrogens (tertiary/aromatic N) is 1. The Bertz CT molecular complexity index is 1320. The van der Waals surface area contributed by atoms with E-state index >= 15 is 0 Å². The van der Waals surface area contributed by atoms with Crippen molar-refractivity contribution in [2.75, 3.05) is 21.2 Å². The Labute approximate surface area is 209 Å². The van der Waals surface area contributed by atoms with Crippen molar-refractivity contribution < 1.29 is 49.8 Å². The average molecular weight is 525 g/mol. The molecule has 4 rings (SSSR count). The number of methoxy groups -OCH3 is 1. The molecule has 194 valence electrons. The molecule has 1 fully saturated rings. The maximum atomic E-state index is 13.8. The average Bonchev–Trinajstić information content (AvgIpc) is 2.75. The van der Waals surface area contributed by atoms with E-state index in [1.165, 1.54) is 28.1 Å². The van der Waals surface area contributed by atoms with E-state index in [4.69, 9.17) is 22.1 Å². The number of ether oxygens (including phenoxy) is 1. The number of phenolic OH excluding ortho intramolecular Hbond substituents is 1. The van der Waals surface area contributed by atoms with Gasteiger partial charge in [-0.25, -0.2) is 0 Å². The van der Waals surface area contributed by atoms with Gasteiger partial charge in [-0.3, -0.25) is 19.3 Å². The van der Waals surface area contributed by atoms with Crippen LogP contribution >= 0.6 is 11.6 Å². The summed E-state index contributed by atoms with van der Waals surface area (Å²) in [7, 11) is 3.89. The van der Waals surface area contributed by atoms with Gasteiger partial charge in [0.05, 0.1) is 23.3 Å². The lowest BCUT2D eigenvalue weighted by molar-refractivity contribution is -0.210. The molecular weight excluding hydrogens is 500 g/mol. The number of carbonyl (C=O) groups excluding carboxylic acids is 3. The van der Waals surface area contributed by atoms with E-state index in [0.29, 0.717) is 0 Å². The van der Waals surface area contributed by atoms with E-state index in [9.17, 15) is 45.0 Å². The Balaban J connectivity index is 2.13. The Hall–Kier alpha value is -3.16. The van der Waals surface area contributed by atoms with Crippen molar-refractivity contribution in [2.24, 2.45) is 11.7 Å². The number of halogens is 1. The van der Waals surface area contributed by atoms with Crippen LogP contribution in [0.2, 0.25) is 5.02 Å². The van der Waals surface area contributed by atoms with Crippen LogP contribution in [-0.2, 0) is 20.0 Å². The number of hydrogen-bond donors (Lipinski definition) is 7. The molecule has 1 aromatic rings. The summed E-state index contributed by atoms with van der Waals surface area (Å²) < 4.78 is 5.12. The highest BCUT2D eigenvalue weighted by atomic mass is 35.5. The van der Waals surface area contributed by atoms with E-state index in [1.807, 2.05) is 0 Å². The molecule has 0 aliphatic heterocycles. The van der Waals surface area contributed by atoms with Crippen molar-refractivity contribution in [3.05, 3.63) is 39.1 Å². The summed E-state index contributed by atoms with van der Waals surface area (Å²) in [5, 5.41) is 67.4.